The number of halogens is 1. The molecular weight excluding hydrogens is 274 g/mol. The molecule has 0 amide bonds. The molecule has 1 saturated heterocycles. The van der Waals surface area contributed by atoms with Gasteiger partial charge in [-0.15, -0.1) is 0 Å². The summed E-state index contributed by atoms with van der Waals surface area (Å²) in [6.45, 7) is 5.45. The van der Waals surface area contributed by atoms with Crippen molar-refractivity contribution in [2.75, 3.05) is 26.7 Å². The fraction of sp³-hybridized carbons (Fsp3) is 0.562. The molecule has 1 aromatic carbocycles. The van der Waals surface area contributed by atoms with Crippen molar-refractivity contribution >= 4 is 5.78 Å². The van der Waals surface area contributed by atoms with E-state index in [0.717, 1.165) is 36.9 Å². The van der Waals surface area contributed by atoms with Crippen LogP contribution in [0.1, 0.15) is 36.5 Å². The lowest BCUT2D eigenvalue weighted by Gasteiger charge is -2.30. The number of hydrogen-bond acceptors (Lipinski definition) is 3. The van der Waals surface area contributed by atoms with Crippen LogP contribution in [0.3, 0.4) is 0 Å². The third kappa shape index (κ3) is 4.80. The number of likely N-dealkylation sites (tertiary alicyclic amines) is 1. The van der Waals surface area contributed by atoms with Gasteiger partial charge in [-0.25, -0.2) is 0 Å². The van der Waals surface area contributed by atoms with E-state index in [2.05, 4.69) is 11.8 Å². The lowest BCUT2D eigenvalue weighted by atomic mass is 9.99. The Kier molecular flexibility index (Phi) is 7.03. The standard InChI is InChI=1S/C16H23NO2.ClH/c1-13-4-3-10-17(12-13)11-9-16(18)14-5-7-15(19-2)8-6-14;/h5-8,13H,3-4,9-12H2,1-2H3;1H/p-1. The summed E-state index contributed by atoms with van der Waals surface area (Å²) in [5.74, 6) is 1.78. The molecule has 112 valence electrons. The summed E-state index contributed by atoms with van der Waals surface area (Å²) in [6, 6.07) is 7.38. The summed E-state index contributed by atoms with van der Waals surface area (Å²) in [7, 11) is 1.63. The molecule has 1 aromatic rings. The molecule has 1 heterocycles. The van der Waals surface area contributed by atoms with Gasteiger partial charge in [0.2, 0.25) is 0 Å². The first-order valence-electron chi connectivity index (χ1n) is 7.08. The first-order valence-corrected chi connectivity index (χ1v) is 7.08. The van der Waals surface area contributed by atoms with Gasteiger partial charge >= 0.3 is 0 Å². The zero-order valence-electron chi connectivity index (χ0n) is 12.3. The number of piperidine rings is 1. The minimum atomic E-state index is 0. The highest BCUT2D eigenvalue weighted by molar-refractivity contribution is 5.96. The Bertz CT molecular complexity index is 419. The van der Waals surface area contributed by atoms with E-state index in [1.165, 1.54) is 12.8 Å². The predicted octanol–water partition coefficient (Wildman–Crippen LogP) is 0.00390. The Morgan fingerprint density at radius 1 is 1.35 bits per heavy atom. The predicted molar refractivity (Wildman–Crippen MR) is 76.8 cm³/mol. The number of ketones is 1. The molecule has 1 fully saturated rings. The topological polar surface area (TPSA) is 29.5 Å². The number of Topliss-reactive ketones (excluding diaryl/α,β-unsaturated/α-hetero) is 1. The first-order chi connectivity index (χ1) is 9.19. The number of methoxy groups -OCH3 is 1. The number of hydrogen-bond donors (Lipinski definition) is 0. The highest BCUT2D eigenvalue weighted by atomic mass is 35.5. The fourth-order valence-corrected chi connectivity index (χ4v) is 2.67. The summed E-state index contributed by atoms with van der Waals surface area (Å²) in [4.78, 5) is 14.5. The molecule has 0 saturated carbocycles. The number of ether oxygens (including phenoxy) is 1. The van der Waals surface area contributed by atoms with Crippen LogP contribution in [0.4, 0.5) is 0 Å². The lowest BCUT2D eigenvalue weighted by Crippen LogP contribution is -3.00. The van der Waals surface area contributed by atoms with Crippen molar-refractivity contribution in [3.05, 3.63) is 29.8 Å². The van der Waals surface area contributed by atoms with E-state index in [-0.39, 0.29) is 18.2 Å². The van der Waals surface area contributed by atoms with Gasteiger partial charge in [-0.2, -0.15) is 0 Å². The van der Waals surface area contributed by atoms with Gasteiger partial charge in [-0.1, -0.05) is 6.92 Å². The zero-order chi connectivity index (χ0) is 13.7. The fourth-order valence-electron chi connectivity index (χ4n) is 2.67. The van der Waals surface area contributed by atoms with Gasteiger partial charge in [0.05, 0.1) is 7.11 Å². The van der Waals surface area contributed by atoms with Crippen LogP contribution >= 0.6 is 0 Å². The molecule has 4 heteroatoms. The van der Waals surface area contributed by atoms with Crippen LogP contribution < -0.4 is 17.1 Å². The summed E-state index contributed by atoms with van der Waals surface area (Å²) in [5.41, 5.74) is 0.783. The minimum absolute atomic E-state index is 0. The van der Waals surface area contributed by atoms with Crippen molar-refractivity contribution in [1.29, 1.82) is 0 Å². The number of benzene rings is 1. The summed E-state index contributed by atoms with van der Waals surface area (Å²) >= 11 is 0. The second kappa shape index (κ2) is 8.28. The van der Waals surface area contributed by atoms with Gasteiger partial charge in [0, 0.05) is 25.1 Å². The van der Waals surface area contributed by atoms with E-state index < -0.39 is 0 Å². The van der Waals surface area contributed by atoms with E-state index >= 15 is 0 Å². The van der Waals surface area contributed by atoms with Crippen molar-refractivity contribution < 1.29 is 21.9 Å². The van der Waals surface area contributed by atoms with E-state index in [4.69, 9.17) is 4.74 Å². The maximum Gasteiger partial charge on any atom is 0.164 e. The average Bonchev–Trinajstić information content (AvgIpc) is 2.45. The second-order valence-electron chi connectivity index (χ2n) is 5.45. The second-order valence-corrected chi connectivity index (χ2v) is 5.45. The number of carbonyl (C=O) groups is 1. The monoisotopic (exact) mass is 296 g/mol. The number of carbonyl (C=O) groups excluding carboxylic acids is 1. The minimum Gasteiger partial charge on any atom is -1.00 e. The van der Waals surface area contributed by atoms with Gasteiger partial charge in [0.25, 0.3) is 0 Å². The van der Waals surface area contributed by atoms with Crippen molar-refractivity contribution in [2.24, 2.45) is 5.92 Å². The largest absolute Gasteiger partial charge is 1.00 e. The van der Waals surface area contributed by atoms with Crippen LogP contribution in [-0.2, 0) is 0 Å². The highest BCUT2D eigenvalue weighted by Crippen LogP contribution is 2.17. The zero-order valence-corrected chi connectivity index (χ0v) is 13.0. The van der Waals surface area contributed by atoms with Gasteiger partial charge < -0.3 is 22.0 Å². The summed E-state index contributed by atoms with van der Waals surface area (Å²) in [5, 5.41) is 0. The molecule has 0 bridgehead atoms. The van der Waals surface area contributed by atoms with E-state index in [9.17, 15) is 4.79 Å². The maximum absolute atomic E-state index is 12.1. The van der Waals surface area contributed by atoms with E-state index in [0.29, 0.717) is 6.42 Å². The third-order valence-corrected chi connectivity index (χ3v) is 3.81. The molecule has 0 N–H and O–H groups in total. The van der Waals surface area contributed by atoms with Crippen LogP contribution in [0.25, 0.3) is 0 Å². The van der Waals surface area contributed by atoms with Gasteiger partial charge in [0.15, 0.2) is 5.78 Å². The molecular formula is C16H23ClNO2-. The van der Waals surface area contributed by atoms with Crippen LogP contribution in [0, 0.1) is 5.92 Å². The summed E-state index contributed by atoms with van der Waals surface area (Å²) in [6.07, 6.45) is 3.19. The maximum atomic E-state index is 12.1. The Morgan fingerprint density at radius 3 is 2.65 bits per heavy atom. The molecule has 1 unspecified atom stereocenters. The Hall–Kier alpha value is -1.06. The SMILES string of the molecule is COc1ccc(C(=O)CCN2CCCC(C)C2)cc1.[Cl-]. The quantitative estimate of drug-likeness (QED) is 0.717. The van der Waals surface area contributed by atoms with Crippen LogP contribution in [0.5, 0.6) is 5.75 Å². The van der Waals surface area contributed by atoms with Gasteiger partial charge in [0.1, 0.15) is 5.75 Å². The van der Waals surface area contributed by atoms with Gasteiger partial charge in [-0.05, 0) is 49.6 Å². The lowest BCUT2D eigenvalue weighted by molar-refractivity contribution is -0.0000123. The molecule has 2 rings (SSSR count). The number of nitrogens with zero attached hydrogens (tertiary/aromatic N) is 1. The number of rotatable bonds is 5. The van der Waals surface area contributed by atoms with Crippen LogP contribution in [0.15, 0.2) is 24.3 Å². The molecule has 1 aliphatic heterocycles. The normalized spacial score (nSPS) is 19.2. The van der Waals surface area contributed by atoms with Crippen molar-refractivity contribution in [3.63, 3.8) is 0 Å². The smallest absolute Gasteiger partial charge is 0.164 e. The molecule has 0 aliphatic carbocycles. The third-order valence-electron chi connectivity index (χ3n) is 3.81. The van der Waals surface area contributed by atoms with Crippen LogP contribution in [0.2, 0.25) is 0 Å². The Balaban J connectivity index is 0.00000200. The first kappa shape index (κ1) is 17.0. The average molecular weight is 297 g/mol. The molecule has 0 radical (unpaired) electrons. The van der Waals surface area contributed by atoms with Gasteiger partial charge in [-0.3, -0.25) is 4.79 Å². The highest BCUT2D eigenvalue weighted by Gasteiger charge is 2.17. The molecule has 0 aromatic heterocycles. The molecule has 20 heavy (non-hydrogen) atoms. The molecule has 1 aliphatic rings. The van der Waals surface area contributed by atoms with Crippen molar-refractivity contribution in [2.45, 2.75) is 26.2 Å². The molecule has 3 nitrogen and oxygen atoms in total. The van der Waals surface area contributed by atoms with Crippen molar-refractivity contribution in [3.8, 4) is 5.75 Å². The van der Waals surface area contributed by atoms with E-state index in [1.54, 1.807) is 7.11 Å². The van der Waals surface area contributed by atoms with Crippen molar-refractivity contribution in [1.82, 2.24) is 4.90 Å². The van der Waals surface area contributed by atoms with E-state index in [1.807, 2.05) is 24.3 Å². The molecule has 1 atom stereocenters. The Labute approximate surface area is 127 Å². The molecule has 0 spiro atoms. The summed E-state index contributed by atoms with van der Waals surface area (Å²) < 4.78 is 5.10. The Morgan fingerprint density at radius 2 is 2.05 bits per heavy atom. The van der Waals surface area contributed by atoms with Crippen LogP contribution in [-0.4, -0.2) is 37.4 Å².